The van der Waals surface area contributed by atoms with E-state index >= 15 is 0 Å². The minimum absolute atomic E-state index is 0.0404. The molecule has 17 heavy (non-hydrogen) atoms. The molecule has 0 aliphatic carbocycles. The van der Waals surface area contributed by atoms with Gasteiger partial charge in [0, 0.05) is 28.5 Å². The molecular formula is C13H16ClNO2. The van der Waals surface area contributed by atoms with Gasteiger partial charge >= 0.3 is 0 Å². The fourth-order valence-corrected chi connectivity index (χ4v) is 2.73. The van der Waals surface area contributed by atoms with E-state index in [0.29, 0.717) is 11.4 Å². The van der Waals surface area contributed by atoms with Crippen LogP contribution in [0.25, 0.3) is 0 Å². The number of ether oxygens (including phenoxy) is 1. The van der Waals surface area contributed by atoms with Crippen LogP contribution in [0.2, 0.25) is 5.02 Å². The highest BCUT2D eigenvalue weighted by Crippen LogP contribution is 2.43. The van der Waals surface area contributed by atoms with Crippen molar-refractivity contribution < 1.29 is 9.53 Å². The van der Waals surface area contributed by atoms with Crippen LogP contribution in [0, 0.1) is 0 Å². The maximum atomic E-state index is 11.6. The number of nitrogens with one attached hydrogen (secondary N) is 1. The van der Waals surface area contributed by atoms with E-state index in [1.165, 1.54) is 0 Å². The average Bonchev–Trinajstić information content (AvgIpc) is 2.51. The number of hydrogen-bond donors (Lipinski definition) is 1. The molecule has 1 aromatic rings. The molecule has 1 aliphatic rings. The second kappa shape index (κ2) is 4.22. The Morgan fingerprint density at radius 2 is 2.18 bits per heavy atom. The summed E-state index contributed by atoms with van der Waals surface area (Å²) in [5.74, 6) is 0.840. The van der Waals surface area contributed by atoms with Gasteiger partial charge in [-0.1, -0.05) is 17.7 Å². The highest BCUT2D eigenvalue weighted by atomic mass is 35.5. The van der Waals surface area contributed by atoms with Crippen molar-refractivity contribution in [1.29, 1.82) is 0 Å². The van der Waals surface area contributed by atoms with E-state index in [1.54, 1.807) is 7.11 Å². The molecule has 1 amide bonds. The summed E-state index contributed by atoms with van der Waals surface area (Å²) in [5, 5.41) is 3.62. The Morgan fingerprint density at radius 3 is 2.71 bits per heavy atom. The van der Waals surface area contributed by atoms with Gasteiger partial charge in [0.2, 0.25) is 5.91 Å². The van der Waals surface area contributed by atoms with Crippen LogP contribution >= 0.6 is 11.6 Å². The first kappa shape index (κ1) is 12.2. The third kappa shape index (κ3) is 2.12. The molecule has 1 atom stereocenters. The van der Waals surface area contributed by atoms with Crippen molar-refractivity contribution in [3.05, 3.63) is 28.8 Å². The van der Waals surface area contributed by atoms with E-state index in [-0.39, 0.29) is 17.4 Å². The summed E-state index contributed by atoms with van der Waals surface area (Å²) >= 11 is 6.24. The smallest absolute Gasteiger partial charge is 0.221 e. The number of methoxy groups -OCH3 is 1. The Bertz CT molecular complexity index is 457. The monoisotopic (exact) mass is 253 g/mol. The van der Waals surface area contributed by atoms with E-state index in [1.807, 2.05) is 32.0 Å². The van der Waals surface area contributed by atoms with E-state index in [0.717, 1.165) is 11.3 Å². The summed E-state index contributed by atoms with van der Waals surface area (Å²) in [6, 6.07) is 5.56. The summed E-state index contributed by atoms with van der Waals surface area (Å²) in [6.45, 7) is 4.01. The van der Waals surface area contributed by atoms with Crippen LogP contribution in [0.1, 0.15) is 31.7 Å². The van der Waals surface area contributed by atoms with Gasteiger partial charge in [0.1, 0.15) is 5.75 Å². The normalized spacial score (nSPS) is 22.4. The number of amides is 1. The molecular weight excluding hydrogens is 238 g/mol. The highest BCUT2D eigenvalue weighted by Gasteiger charge is 2.42. The van der Waals surface area contributed by atoms with Crippen LogP contribution in [-0.4, -0.2) is 18.6 Å². The Kier molecular flexibility index (Phi) is 3.04. The second-order valence-electron chi connectivity index (χ2n) is 4.88. The summed E-state index contributed by atoms with van der Waals surface area (Å²) in [5.41, 5.74) is 0.620. The molecule has 1 fully saturated rings. The number of benzene rings is 1. The molecule has 1 N–H and O–H groups in total. The number of hydrogen-bond acceptors (Lipinski definition) is 2. The zero-order valence-electron chi connectivity index (χ0n) is 10.2. The largest absolute Gasteiger partial charge is 0.496 e. The zero-order chi connectivity index (χ0) is 12.6. The molecule has 2 rings (SSSR count). The Morgan fingerprint density at radius 1 is 1.47 bits per heavy atom. The van der Waals surface area contributed by atoms with Crippen molar-refractivity contribution in [3.8, 4) is 5.75 Å². The first-order valence-electron chi connectivity index (χ1n) is 5.59. The van der Waals surface area contributed by atoms with E-state index < -0.39 is 0 Å². The molecule has 4 heteroatoms. The lowest BCUT2D eigenvalue weighted by atomic mass is 9.83. The summed E-state index contributed by atoms with van der Waals surface area (Å²) < 4.78 is 5.34. The molecule has 1 aliphatic heterocycles. The van der Waals surface area contributed by atoms with Gasteiger partial charge in [-0.15, -0.1) is 0 Å². The van der Waals surface area contributed by atoms with Crippen LogP contribution in [-0.2, 0) is 4.79 Å². The number of halogens is 1. The third-order valence-electron chi connectivity index (χ3n) is 3.30. The van der Waals surface area contributed by atoms with Gasteiger partial charge in [-0.3, -0.25) is 4.79 Å². The molecule has 92 valence electrons. The van der Waals surface area contributed by atoms with E-state index in [4.69, 9.17) is 16.3 Å². The molecule has 1 unspecified atom stereocenters. The maximum Gasteiger partial charge on any atom is 0.221 e. The molecule has 0 radical (unpaired) electrons. The second-order valence-corrected chi connectivity index (χ2v) is 5.29. The predicted octanol–water partition coefficient (Wildman–Crippen LogP) is 2.73. The van der Waals surface area contributed by atoms with Crippen molar-refractivity contribution in [2.75, 3.05) is 7.11 Å². The fourth-order valence-electron chi connectivity index (χ4n) is 2.43. The number of carbonyl (C=O) groups is 1. The van der Waals surface area contributed by atoms with E-state index in [2.05, 4.69) is 5.32 Å². The lowest BCUT2D eigenvalue weighted by molar-refractivity contribution is -0.119. The van der Waals surface area contributed by atoms with Crippen molar-refractivity contribution in [1.82, 2.24) is 5.32 Å². The standard InChI is InChI=1S/C13H16ClNO2/c1-13(2)8(7-11(16)15-13)12-9(14)5-4-6-10(12)17-3/h4-6,8H,7H2,1-3H3,(H,15,16). The Labute approximate surface area is 106 Å². The lowest BCUT2D eigenvalue weighted by Gasteiger charge is -2.28. The summed E-state index contributed by atoms with van der Waals surface area (Å²) in [4.78, 5) is 11.6. The fraction of sp³-hybridized carbons (Fsp3) is 0.462. The Balaban J connectivity index is 2.50. The molecule has 0 aromatic heterocycles. The molecule has 1 aromatic carbocycles. The Hall–Kier alpha value is -1.22. The molecule has 3 nitrogen and oxygen atoms in total. The predicted molar refractivity (Wildman–Crippen MR) is 67.6 cm³/mol. The van der Waals surface area contributed by atoms with Crippen LogP contribution in [0.5, 0.6) is 5.75 Å². The van der Waals surface area contributed by atoms with Gasteiger partial charge in [0.05, 0.1) is 7.11 Å². The van der Waals surface area contributed by atoms with Crippen LogP contribution < -0.4 is 10.1 Å². The minimum atomic E-state index is -0.296. The quantitative estimate of drug-likeness (QED) is 0.880. The van der Waals surface area contributed by atoms with Gasteiger partial charge < -0.3 is 10.1 Å². The summed E-state index contributed by atoms with van der Waals surface area (Å²) in [7, 11) is 1.62. The highest BCUT2D eigenvalue weighted by molar-refractivity contribution is 6.31. The first-order chi connectivity index (χ1) is 7.95. The average molecular weight is 254 g/mol. The van der Waals surface area contributed by atoms with Gasteiger partial charge in [0.25, 0.3) is 0 Å². The van der Waals surface area contributed by atoms with Crippen LogP contribution in [0.3, 0.4) is 0 Å². The number of rotatable bonds is 2. The van der Waals surface area contributed by atoms with Gasteiger partial charge in [0.15, 0.2) is 0 Å². The van der Waals surface area contributed by atoms with Gasteiger partial charge in [-0.2, -0.15) is 0 Å². The number of carbonyl (C=O) groups excluding carboxylic acids is 1. The van der Waals surface area contributed by atoms with Crippen molar-refractivity contribution >= 4 is 17.5 Å². The molecule has 0 spiro atoms. The van der Waals surface area contributed by atoms with Crippen molar-refractivity contribution in [3.63, 3.8) is 0 Å². The lowest BCUT2D eigenvalue weighted by Crippen LogP contribution is -2.38. The third-order valence-corrected chi connectivity index (χ3v) is 3.63. The SMILES string of the molecule is COc1cccc(Cl)c1C1CC(=O)NC1(C)C. The van der Waals surface area contributed by atoms with Crippen LogP contribution in [0.15, 0.2) is 18.2 Å². The molecule has 1 saturated heterocycles. The minimum Gasteiger partial charge on any atom is -0.496 e. The van der Waals surface area contributed by atoms with Crippen LogP contribution in [0.4, 0.5) is 0 Å². The maximum absolute atomic E-state index is 11.6. The molecule has 0 saturated carbocycles. The van der Waals surface area contributed by atoms with Crippen molar-refractivity contribution in [2.24, 2.45) is 0 Å². The first-order valence-corrected chi connectivity index (χ1v) is 5.97. The van der Waals surface area contributed by atoms with Crippen molar-refractivity contribution in [2.45, 2.75) is 31.7 Å². The molecule has 1 heterocycles. The topological polar surface area (TPSA) is 38.3 Å². The zero-order valence-corrected chi connectivity index (χ0v) is 11.0. The summed E-state index contributed by atoms with van der Waals surface area (Å²) in [6.07, 6.45) is 0.451. The van der Waals surface area contributed by atoms with E-state index in [9.17, 15) is 4.79 Å². The van der Waals surface area contributed by atoms with Gasteiger partial charge in [-0.25, -0.2) is 0 Å². The molecule has 0 bridgehead atoms. The van der Waals surface area contributed by atoms with Gasteiger partial charge in [-0.05, 0) is 26.0 Å².